The summed E-state index contributed by atoms with van der Waals surface area (Å²) in [6.07, 6.45) is 0.573. The van der Waals surface area contributed by atoms with Crippen molar-refractivity contribution in [1.82, 2.24) is 5.32 Å². The molecule has 0 aliphatic carbocycles. The van der Waals surface area contributed by atoms with Gasteiger partial charge in [0.2, 0.25) is 0 Å². The third-order valence-electron chi connectivity index (χ3n) is 4.05. The number of benzene rings is 1. The molecule has 1 fully saturated rings. The number of hydrogen-bond donors (Lipinski definition) is 2. The zero-order valence-electron chi connectivity index (χ0n) is 11.5. The van der Waals surface area contributed by atoms with Gasteiger partial charge in [-0.2, -0.15) is 0 Å². The van der Waals surface area contributed by atoms with Crippen molar-refractivity contribution in [3.8, 4) is 5.75 Å². The molecule has 0 saturated carbocycles. The molecule has 114 valence electrons. The van der Waals surface area contributed by atoms with E-state index in [2.05, 4.69) is 5.32 Å². The fourth-order valence-electron chi connectivity index (χ4n) is 2.86. The molecule has 0 aromatic heterocycles. The molecule has 3 rings (SSSR count). The number of nitrogens with one attached hydrogen (secondary N) is 1. The second-order valence-corrected chi connectivity index (χ2v) is 7.78. The standard InChI is InChI=1S/C14H18N2O4S/c15-13(10-3-6-21(18,19)8-10)9-1-2-12-11(7-9)14(17)16-4-5-20-12/h1-2,7,10,13H,3-6,8,15H2,(H,16,17). The Morgan fingerprint density at radius 3 is 2.90 bits per heavy atom. The second-order valence-electron chi connectivity index (χ2n) is 5.55. The van der Waals surface area contributed by atoms with Crippen LogP contribution in [0.15, 0.2) is 18.2 Å². The number of ether oxygens (including phenoxy) is 1. The molecular weight excluding hydrogens is 292 g/mol. The topological polar surface area (TPSA) is 98.5 Å². The molecule has 3 N–H and O–H groups in total. The molecule has 21 heavy (non-hydrogen) atoms. The molecular formula is C14H18N2O4S. The van der Waals surface area contributed by atoms with E-state index in [4.69, 9.17) is 10.5 Å². The van der Waals surface area contributed by atoms with Crippen LogP contribution in [0.1, 0.15) is 28.4 Å². The van der Waals surface area contributed by atoms with E-state index in [1.54, 1.807) is 12.1 Å². The molecule has 1 aromatic rings. The smallest absolute Gasteiger partial charge is 0.255 e. The lowest BCUT2D eigenvalue weighted by atomic mass is 9.92. The number of sulfone groups is 1. The van der Waals surface area contributed by atoms with Gasteiger partial charge < -0.3 is 15.8 Å². The Bertz CT molecular complexity index is 672. The molecule has 1 saturated heterocycles. The van der Waals surface area contributed by atoms with Crippen molar-refractivity contribution in [1.29, 1.82) is 0 Å². The Kier molecular flexibility index (Phi) is 3.62. The quantitative estimate of drug-likeness (QED) is 0.815. The molecule has 2 aliphatic rings. The van der Waals surface area contributed by atoms with Crippen LogP contribution in [0.5, 0.6) is 5.75 Å². The number of nitrogens with two attached hydrogens (primary N) is 1. The molecule has 6 nitrogen and oxygen atoms in total. The zero-order chi connectivity index (χ0) is 15.0. The van der Waals surface area contributed by atoms with Gasteiger partial charge in [0.1, 0.15) is 12.4 Å². The van der Waals surface area contributed by atoms with Gasteiger partial charge >= 0.3 is 0 Å². The highest BCUT2D eigenvalue weighted by atomic mass is 32.2. The van der Waals surface area contributed by atoms with Gasteiger partial charge in [-0.05, 0) is 30.0 Å². The van der Waals surface area contributed by atoms with E-state index in [1.807, 2.05) is 6.07 Å². The van der Waals surface area contributed by atoms with Gasteiger partial charge in [0.15, 0.2) is 9.84 Å². The molecule has 0 bridgehead atoms. The minimum absolute atomic E-state index is 0.0946. The predicted octanol–water partition coefficient (Wildman–Crippen LogP) is 0.243. The van der Waals surface area contributed by atoms with Crippen molar-refractivity contribution >= 4 is 15.7 Å². The van der Waals surface area contributed by atoms with Crippen LogP contribution in [0.2, 0.25) is 0 Å². The van der Waals surface area contributed by atoms with Gasteiger partial charge in [-0.25, -0.2) is 8.42 Å². The van der Waals surface area contributed by atoms with Crippen LogP contribution in [0.3, 0.4) is 0 Å². The SMILES string of the molecule is NC(c1ccc2c(c1)C(=O)NCCO2)C1CCS(=O)(=O)C1. The molecule has 1 aromatic carbocycles. The van der Waals surface area contributed by atoms with Crippen LogP contribution in [0.25, 0.3) is 0 Å². The van der Waals surface area contributed by atoms with Gasteiger partial charge in [0.05, 0.1) is 23.6 Å². The summed E-state index contributed by atoms with van der Waals surface area (Å²) in [7, 11) is -2.97. The Hall–Kier alpha value is -1.60. The average molecular weight is 310 g/mol. The largest absolute Gasteiger partial charge is 0.491 e. The van der Waals surface area contributed by atoms with E-state index in [0.29, 0.717) is 30.9 Å². The van der Waals surface area contributed by atoms with Crippen molar-refractivity contribution in [2.75, 3.05) is 24.7 Å². The van der Waals surface area contributed by atoms with E-state index < -0.39 is 9.84 Å². The maximum atomic E-state index is 12.0. The average Bonchev–Trinajstić information content (AvgIpc) is 2.72. The fraction of sp³-hybridized carbons (Fsp3) is 0.500. The van der Waals surface area contributed by atoms with Gasteiger partial charge in [-0.15, -0.1) is 0 Å². The van der Waals surface area contributed by atoms with E-state index in [0.717, 1.165) is 5.56 Å². The van der Waals surface area contributed by atoms with E-state index in [1.165, 1.54) is 0 Å². The summed E-state index contributed by atoms with van der Waals surface area (Å²) in [5, 5.41) is 2.75. The molecule has 2 heterocycles. The number of hydrogen-bond acceptors (Lipinski definition) is 5. The summed E-state index contributed by atoms with van der Waals surface area (Å²) in [6.45, 7) is 0.904. The number of rotatable bonds is 2. The number of carbonyl (C=O) groups is 1. The third-order valence-corrected chi connectivity index (χ3v) is 5.85. The van der Waals surface area contributed by atoms with Crippen LogP contribution in [0.4, 0.5) is 0 Å². The second kappa shape index (κ2) is 5.31. The fourth-order valence-corrected chi connectivity index (χ4v) is 4.71. The Morgan fingerprint density at radius 2 is 2.19 bits per heavy atom. The van der Waals surface area contributed by atoms with Gasteiger partial charge in [0, 0.05) is 6.04 Å². The summed E-state index contributed by atoms with van der Waals surface area (Å²) in [6, 6.07) is 4.88. The molecule has 2 unspecified atom stereocenters. The summed E-state index contributed by atoms with van der Waals surface area (Å²) >= 11 is 0. The van der Waals surface area contributed by atoms with Crippen molar-refractivity contribution in [3.05, 3.63) is 29.3 Å². The van der Waals surface area contributed by atoms with Crippen molar-refractivity contribution < 1.29 is 17.9 Å². The number of amides is 1. The summed E-state index contributed by atoms with van der Waals surface area (Å²) in [5.74, 6) is 0.576. The first-order valence-corrected chi connectivity index (χ1v) is 8.79. The first-order chi connectivity index (χ1) is 9.96. The molecule has 2 aliphatic heterocycles. The Labute approximate surface area is 123 Å². The maximum absolute atomic E-state index is 12.0. The van der Waals surface area contributed by atoms with Crippen LogP contribution >= 0.6 is 0 Å². The van der Waals surface area contributed by atoms with Crippen molar-refractivity contribution in [2.24, 2.45) is 11.7 Å². The summed E-state index contributed by atoms with van der Waals surface area (Å²) in [4.78, 5) is 12.0. The highest BCUT2D eigenvalue weighted by molar-refractivity contribution is 7.91. The van der Waals surface area contributed by atoms with Crippen LogP contribution in [-0.2, 0) is 9.84 Å². The molecule has 2 atom stereocenters. The third kappa shape index (κ3) is 2.89. The zero-order valence-corrected chi connectivity index (χ0v) is 12.4. The Balaban J connectivity index is 1.88. The van der Waals surface area contributed by atoms with Gasteiger partial charge in [-0.3, -0.25) is 4.79 Å². The van der Waals surface area contributed by atoms with Crippen molar-refractivity contribution in [2.45, 2.75) is 12.5 Å². The maximum Gasteiger partial charge on any atom is 0.255 e. The summed E-state index contributed by atoms with van der Waals surface area (Å²) < 4.78 is 28.6. The highest BCUT2D eigenvalue weighted by Gasteiger charge is 2.33. The van der Waals surface area contributed by atoms with Crippen LogP contribution < -0.4 is 15.8 Å². The lowest BCUT2D eigenvalue weighted by Crippen LogP contribution is -2.25. The first kappa shape index (κ1) is 14.3. The van der Waals surface area contributed by atoms with E-state index >= 15 is 0 Å². The van der Waals surface area contributed by atoms with Crippen LogP contribution in [-0.4, -0.2) is 39.0 Å². The molecule has 7 heteroatoms. The molecule has 0 radical (unpaired) electrons. The normalized spacial score (nSPS) is 25.4. The van der Waals surface area contributed by atoms with Gasteiger partial charge in [0.25, 0.3) is 5.91 Å². The van der Waals surface area contributed by atoms with E-state index in [-0.39, 0.29) is 29.4 Å². The minimum Gasteiger partial charge on any atom is -0.491 e. The van der Waals surface area contributed by atoms with E-state index in [9.17, 15) is 13.2 Å². The van der Waals surface area contributed by atoms with Gasteiger partial charge in [-0.1, -0.05) is 6.07 Å². The first-order valence-electron chi connectivity index (χ1n) is 6.97. The lowest BCUT2D eigenvalue weighted by molar-refractivity contribution is 0.0957. The minimum atomic E-state index is -2.97. The highest BCUT2D eigenvalue weighted by Crippen LogP contribution is 2.32. The number of carbonyl (C=O) groups excluding carboxylic acids is 1. The lowest BCUT2D eigenvalue weighted by Gasteiger charge is -2.19. The monoisotopic (exact) mass is 310 g/mol. The number of fused-ring (bicyclic) bond motifs is 1. The molecule has 0 spiro atoms. The molecule has 1 amide bonds. The summed E-state index contributed by atoms with van der Waals surface area (Å²) in [5.41, 5.74) is 7.44. The van der Waals surface area contributed by atoms with Crippen LogP contribution in [0, 0.1) is 5.92 Å². The Morgan fingerprint density at radius 1 is 1.38 bits per heavy atom. The van der Waals surface area contributed by atoms with Crippen molar-refractivity contribution in [3.63, 3.8) is 0 Å². The predicted molar refractivity (Wildman–Crippen MR) is 78.0 cm³/mol.